The van der Waals surface area contributed by atoms with Crippen molar-refractivity contribution < 1.29 is 0 Å². The second-order valence-corrected chi connectivity index (χ2v) is 14.9. The summed E-state index contributed by atoms with van der Waals surface area (Å²) in [6.07, 6.45) is 7.01. The van der Waals surface area contributed by atoms with Crippen molar-refractivity contribution >= 4 is 11.1 Å². The van der Waals surface area contributed by atoms with Crippen LogP contribution in [0.15, 0.2) is 147 Å². The summed E-state index contributed by atoms with van der Waals surface area (Å²) in [5.41, 5.74) is 21.1. The van der Waals surface area contributed by atoms with E-state index in [-0.39, 0.29) is 5.41 Å². The van der Waals surface area contributed by atoms with Gasteiger partial charge in [-0.2, -0.15) is 0 Å². The van der Waals surface area contributed by atoms with E-state index in [4.69, 9.17) is 0 Å². The third kappa shape index (κ3) is 7.00. The van der Waals surface area contributed by atoms with Crippen molar-refractivity contribution in [3.63, 3.8) is 0 Å². The highest BCUT2D eigenvalue weighted by Crippen LogP contribution is 2.49. The van der Waals surface area contributed by atoms with Crippen molar-refractivity contribution in [1.29, 1.82) is 0 Å². The maximum absolute atomic E-state index is 4.65. The molecular weight excluding hydrogens is 625 g/mol. The van der Waals surface area contributed by atoms with Crippen molar-refractivity contribution in [3.8, 4) is 22.3 Å². The molecule has 0 saturated heterocycles. The Morgan fingerprint density at radius 3 is 1.33 bits per heavy atom. The molecule has 0 spiro atoms. The SMILES string of the molecule is C=C(Cc1cccc(CC)c1C1(C)CCc2cccc(CC(=C)c3ccc(-c4ccc(CC)cc4)cc3)c21)c1ccc(-c2ccc(CC)cc2)cc1. The van der Waals surface area contributed by atoms with Crippen LogP contribution in [-0.4, -0.2) is 0 Å². The molecule has 1 atom stereocenters. The van der Waals surface area contributed by atoms with Gasteiger partial charge in [-0.1, -0.05) is 174 Å². The molecule has 0 nitrogen and oxygen atoms in total. The second kappa shape index (κ2) is 15.2. The van der Waals surface area contributed by atoms with E-state index in [2.05, 4.69) is 174 Å². The van der Waals surface area contributed by atoms with Gasteiger partial charge in [-0.25, -0.2) is 0 Å². The van der Waals surface area contributed by atoms with Crippen molar-refractivity contribution in [1.82, 2.24) is 0 Å². The molecule has 7 rings (SSSR count). The third-order valence-corrected chi connectivity index (χ3v) is 11.6. The molecule has 6 aromatic carbocycles. The van der Waals surface area contributed by atoms with Crippen LogP contribution in [0.4, 0.5) is 0 Å². The van der Waals surface area contributed by atoms with Crippen LogP contribution in [0.2, 0.25) is 0 Å². The Hall–Kier alpha value is -5.20. The van der Waals surface area contributed by atoms with E-state index in [0.29, 0.717) is 0 Å². The molecule has 0 amide bonds. The molecule has 6 aromatic rings. The first-order chi connectivity index (χ1) is 25.3. The van der Waals surface area contributed by atoms with E-state index < -0.39 is 0 Å². The number of fused-ring (bicyclic) bond motifs is 1. The maximum Gasteiger partial charge on any atom is 0.0189 e. The van der Waals surface area contributed by atoms with Gasteiger partial charge in [0.15, 0.2) is 0 Å². The Morgan fingerprint density at radius 1 is 0.481 bits per heavy atom. The molecule has 1 aliphatic carbocycles. The average molecular weight is 677 g/mol. The Bertz CT molecular complexity index is 2190. The lowest BCUT2D eigenvalue weighted by atomic mass is 9.70. The van der Waals surface area contributed by atoms with E-state index in [1.807, 2.05) is 0 Å². The van der Waals surface area contributed by atoms with Gasteiger partial charge in [0, 0.05) is 5.41 Å². The minimum atomic E-state index is -0.0859. The second-order valence-electron chi connectivity index (χ2n) is 14.9. The summed E-state index contributed by atoms with van der Waals surface area (Å²) in [6.45, 7) is 18.5. The average Bonchev–Trinajstić information content (AvgIpc) is 3.55. The molecule has 0 saturated carbocycles. The Labute approximate surface area is 312 Å². The first kappa shape index (κ1) is 35.2. The first-order valence-electron chi connectivity index (χ1n) is 19.3. The van der Waals surface area contributed by atoms with Gasteiger partial charge >= 0.3 is 0 Å². The number of benzene rings is 6. The number of aryl methyl sites for hydroxylation is 4. The van der Waals surface area contributed by atoms with Crippen molar-refractivity contribution in [3.05, 3.63) is 202 Å². The van der Waals surface area contributed by atoms with Crippen molar-refractivity contribution in [2.75, 3.05) is 0 Å². The van der Waals surface area contributed by atoms with Gasteiger partial charge in [0.1, 0.15) is 0 Å². The van der Waals surface area contributed by atoms with Crippen LogP contribution in [0.25, 0.3) is 33.4 Å². The summed E-state index contributed by atoms with van der Waals surface area (Å²) in [4.78, 5) is 0. The molecule has 0 fully saturated rings. The number of rotatable bonds is 12. The summed E-state index contributed by atoms with van der Waals surface area (Å²) < 4.78 is 0. The summed E-state index contributed by atoms with van der Waals surface area (Å²) >= 11 is 0. The predicted molar refractivity (Wildman–Crippen MR) is 225 cm³/mol. The van der Waals surface area contributed by atoms with Crippen LogP contribution >= 0.6 is 0 Å². The highest BCUT2D eigenvalue weighted by atomic mass is 14.4. The summed E-state index contributed by atoms with van der Waals surface area (Å²) in [5, 5.41) is 0. The molecule has 1 aliphatic rings. The van der Waals surface area contributed by atoms with Crippen LogP contribution in [-0.2, 0) is 43.9 Å². The van der Waals surface area contributed by atoms with E-state index in [1.54, 1.807) is 0 Å². The Morgan fingerprint density at radius 2 is 0.885 bits per heavy atom. The van der Waals surface area contributed by atoms with Gasteiger partial charge in [-0.15, -0.1) is 0 Å². The molecule has 0 aliphatic heterocycles. The Kier molecular flexibility index (Phi) is 10.3. The van der Waals surface area contributed by atoms with Gasteiger partial charge in [-0.3, -0.25) is 0 Å². The fourth-order valence-corrected chi connectivity index (χ4v) is 8.61. The normalized spacial score (nSPS) is 15.0. The van der Waals surface area contributed by atoms with E-state index >= 15 is 0 Å². The molecule has 0 aromatic heterocycles. The standard InChI is InChI=1S/C52H52/c1-7-38-16-20-43(21-17-38)45-28-24-41(25-29-45)36(4)34-48-14-10-12-40(9-3)50(48)52(6)33-32-47-13-11-15-49(51(47)52)35-37(5)42-26-30-46(31-27-42)44-22-18-39(8-2)19-23-44/h10-31H,4-5,7-9,32-35H2,1-3,6H3. The lowest BCUT2D eigenvalue weighted by Gasteiger charge is -2.33. The zero-order chi connectivity index (χ0) is 36.2. The molecule has 52 heavy (non-hydrogen) atoms. The smallest absolute Gasteiger partial charge is 0.0189 e. The van der Waals surface area contributed by atoms with Gasteiger partial charge in [0.05, 0.1) is 0 Å². The van der Waals surface area contributed by atoms with Gasteiger partial charge < -0.3 is 0 Å². The topological polar surface area (TPSA) is 0 Å². The zero-order valence-corrected chi connectivity index (χ0v) is 31.6. The van der Waals surface area contributed by atoms with E-state index in [1.165, 1.54) is 77.9 Å². The molecule has 0 radical (unpaired) electrons. The van der Waals surface area contributed by atoms with Crippen LogP contribution in [0.1, 0.15) is 89.8 Å². The summed E-state index contributed by atoms with van der Waals surface area (Å²) in [6, 6.07) is 49.8. The van der Waals surface area contributed by atoms with E-state index in [9.17, 15) is 0 Å². The largest absolute Gasteiger partial charge is 0.0949 e. The van der Waals surface area contributed by atoms with E-state index in [0.717, 1.165) is 56.1 Å². The quantitative estimate of drug-likeness (QED) is 0.121. The molecule has 260 valence electrons. The Balaban J connectivity index is 1.15. The summed E-state index contributed by atoms with van der Waals surface area (Å²) in [5.74, 6) is 0. The van der Waals surface area contributed by atoms with Crippen LogP contribution < -0.4 is 0 Å². The third-order valence-electron chi connectivity index (χ3n) is 11.6. The van der Waals surface area contributed by atoms with Gasteiger partial charge in [-0.05, 0) is 134 Å². The van der Waals surface area contributed by atoms with Gasteiger partial charge in [0.25, 0.3) is 0 Å². The predicted octanol–water partition coefficient (Wildman–Crippen LogP) is 13.5. The van der Waals surface area contributed by atoms with Crippen LogP contribution in [0, 0.1) is 0 Å². The highest BCUT2D eigenvalue weighted by molar-refractivity contribution is 5.74. The monoisotopic (exact) mass is 676 g/mol. The number of hydrogen-bond donors (Lipinski definition) is 0. The number of allylic oxidation sites excluding steroid dienone is 2. The molecule has 0 bridgehead atoms. The van der Waals surface area contributed by atoms with Crippen molar-refractivity contribution in [2.24, 2.45) is 0 Å². The minimum Gasteiger partial charge on any atom is -0.0949 e. The molecule has 0 heterocycles. The first-order valence-corrected chi connectivity index (χ1v) is 19.3. The van der Waals surface area contributed by atoms with Gasteiger partial charge in [0.2, 0.25) is 0 Å². The minimum absolute atomic E-state index is 0.0859. The summed E-state index contributed by atoms with van der Waals surface area (Å²) in [7, 11) is 0. The maximum atomic E-state index is 4.65. The molecular formula is C52H52. The highest BCUT2D eigenvalue weighted by Gasteiger charge is 2.40. The lowest BCUT2D eigenvalue weighted by Crippen LogP contribution is -2.26. The fraction of sp³-hybridized carbons (Fsp3) is 0.231. The van der Waals surface area contributed by atoms with Crippen molar-refractivity contribution in [2.45, 2.75) is 78.1 Å². The molecule has 1 unspecified atom stereocenters. The number of hydrogen-bond acceptors (Lipinski definition) is 0. The van der Waals surface area contributed by atoms with Crippen LogP contribution in [0.3, 0.4) is 0 Å². The zero-order valence-electron chi connectivity index (χ0n) is 31.6. The lowest BCUT2D eigenvalue weighted by molar-refractivity contribution is 0.552. The molecule has 0 heteroatoms. The fourth-order valence-electron chi connectivity index (χ4n) is 8.61. The van der Waals surface area contributed by atoms with Crippen LogP contribution in [0.5, 0.6) is 0 Å². The molecule has 0 N–H and O–H groups in total.